The molecular formula is C19H23Cl2N3O. The van der Waals surface area contributed by atoms with Crippen LogP contribution in [0.4, 0.5) is 5.69 Å². The first-order valence-electron chi connectivity index (χ1n) is 8.08. The Kier molecular flexibility index (Phi) is 7.26. The summed E-state index contributed by atoms with van der Waals surface area (Å²) < 4.78 is 0. The molecule has 0 saturated carbocycles. The minimum atomic E-state index is -0.357. The lowest BCUT2D eigenvalue weighted by Crippen LogP contribution is -2.42. The molecule has 1 amide bonds. The molecule has 4 nitrogen and oxygen atoms in total. The summed E-state index contributed by atoms with van der Waals surface area (Å²) in [5, 5.41) is 7.10. The van der Waals surface area contributed by atoms with E-state index in [9.17, 15) is 4.79 Å². The van der Waals surface area contributed by atoms with Gasteiger partial charge in [0.2, 0.25) is 5.91 Å². The van der Waals surface area contributed by atoms with Gasteiger partial charge in [-0.2, -0.15) is 0 Å². The molecule has 0 fully saturated rings. The molecule has 0 spiro atoms. The van der Waals surface area contributed by atoms with Gasteiger partial charge in [0.05, 0.1) is 6.04 Å². The molecule has 2 aromatic carbocycles. The van der Waals surface area contributed by atoms with Crippen molar-refractivity contribution in [2.45, 2.75) is 19.0 Å². The molecule has 6 heteroatoms. The molecule has 0 aliphatic carbocycles. The van der Waals surface area contributed by atoms with Gasteiger partial charge < -0.3 is 15.5 Å². The third-order valence-electron chi connectivity index (χ3n) is 3.95. The number of rotatable bonds is 7. The molecule has 0 bridgehead atoms. The number of hydrogen-bond acceptors (Lipinski definition) is 3. The van der Waals surface area contributed by atoms with Gasteiger partial charge >= 0.3 is 0 Å². The van der Waals surface area contributed by atoms with Crippen LogP contribution in [-0.4, -0.2) is 37.5 Å². The van der Waals surface area contributed by atoms with E-state index in [1.54, 1.807) is 18.2 Å². The topological polar surface area (TPSA) is 44.4 Å². The second-order valence-electron chi connectivity index (χ2n) is 6.17. The molecule has 0 heterocycles. The zero-order valence-electron chi connectivity index (χ0n) is 14.6. The van der Waals surface area contributed by atoms with E-state index < -0.39 is 0 Å². The summed E-state index contributed by atoms with van der Waals surface area (Å²) >= 11 is 11.9. The predicted molar refractivity (Wildman–Crippen MR) is 105 cm³/mol. The molecule has 134 valence electrons. The van der Waals surface area contributed by atoms with Crippen molar-refractivity contribution >= 4 is 34.8 Å². The van der Waals surface area contributed by atoms with Crippen molar-refractivity contribution in [3.63, 3.8) is 0 Å². The maximum Gasteiger partial charge on any atom is 0.241 e. The van der Waals surface area contributed by atoms with Gasteiger partial charge in [0, 0.05) is 28.3 Å². The van der Waals surface area contributed by atoms with Crippen LogP contribution in [0.15, 0.2) is 48.5 Å². The fourth-order valence-electron chi connectivity index (χ4n) is 2.53. The summed E-state index contributed by atoms with van der Waals surface area (Å²) in [7, 11) is 4.05. The number of nitrogens with zero attached hydrogens (tertiary/aromatic N) is 1. The van der Waals surface area contributed by atoms with Crippen molar-refractivity contribution in [1.82, 2.24) is 10.2 Å². The molecule has 0 unspecified atom stereocenters. The minimum absolute atomic E-state index is 0.135. The lowest BCUT2D eigenvalue weighted by atomic mass is 10.1. The third-order valence-corrected chi connectivity index (χ3v) is 4.38. The van der Waals surface area contributed by atoms with Crippen LogP contribution in [0.3, 0.4) is 0 Å². The average molecular weight is 380 g/mol. The first kappa shape index (κ1) is 19.7. The molecule has 0 aromatic heterocycles. The van der Waals surface area contributed by atoms with Gasteiger partial charge in [0.1, 0.15) is 0 Å². The van der Waals surface area contributed by atoms with Crippen LogP contribution >= 0.6 is 23.2 Å². The van der Waals surface area contributed by atoms with Crippen molar-refractivity contribution in [1.29, 1.82) is 0 Å². The second-order valence-corrected chi connectivity index (χ2v) is 7.04. The summed E-state index contributed by atoms with van der Waals surface area (Å²) in [5.41, 5.74) is 1.79. The number of halogens is 2. The largest absolute Gasteiger partial charge is 0.325 e. The Morgan fingerprint density at radius 2 is 1.68 bits per heavy atom. The highest BCUT2D eigenvalue weighted by molar-refractivity contribution is 6.35. The fraction of sp³-hybridized carbons (Fsp3) is 0.316. The quantitative estimate of drug-likeness (QED) is 0.756. The zero-order valence-corrected chi connectivity index (χ0v) is 16.1. The maximum atomic E-state index is 12.4. The van der Waals surface area contributed by atoms with Crippen LogP contribution in [0.25, 0.3) is 0 Å². The van der Waals surface area contributed by atoms with E-state index >= 15 is 0 Å². The van der Waals surface area contributed by atoms with E-state index in [1.165, 1.54) is 5.56 Å². The highest BCUT2D eigenvalue weighted by Crippen LogP contribution is 2.22. The lowest BCUT2D eigenvalue weighted by molar-refractivity contribution is -0.117. The highest BCUT2D eigenvalue weighted by atomic mass is 35.5. The molecule has 2 rings (SSSR count). The summed E-state index contributed by atoms with van der Waals surface area (Å²) in [6.45, 7) is 2.49. The first-order chi connectivity index (χ1) is 11.9. The Hall–Kier alpha value is -1.59. The average Bonchev–Trinajstić information content (AvgIpc) is 2.54. The van der Waals surface area contributed by atoms with Crippen LogP contribution in [0.1, 0.15) is 18.5 Å². The van der Waals surface area contributed by atoms with E-state index in [1.807, 2.05) is 39.2 Å². The molecule has 25 heavy (non-hydrogen) atoms. The third kappa shape index (κ3) is 6.01. The molecule has 2 atom stereocenters. The summed E-state index contributed by atoms with van der Waals surface area (Å²) in [5.74, 6) is -0.135. The molecule has 2 N–H and O–H groups in total. The van der Waals surface area contributed by atoms with Crippen LogP contribution in [0, 0.1) is 0 Å². The number of amides is 1. The fourth-order valence-corrected chi connectivity index (χ4v) is 3.06. The smallest absolute Gasteiger partial charge is 0.241 e. The van der Waals surface area contributed by atoms with Gasteiger partial charge in [-0.05, 0) is 44.8 Å². The molecule has 0 saturated heterocycles. The Morgan fingerprint density at radius 3 is 2.24 bits per heavy atom. The van der Waals surface area contributed by atoms with Crippen LogP contribution < -0.4 is 10.6 Å². The molecule has 0 radical (unpaired) electrons. The Labute approximate surface area is 159 Å². The van der Waals surface area contributed by atoms with Crippen molar-refractivity contribution in [3.05, 3.63) is 64.1 Å². The standard InChI is InChI=1S/C19H23Cl2N3O/c1-13(19(25)23-17-10-15(20)9-16(21)11-17)22-12-18(24(2)3)14-7-5-4-6-8-14/h4-11,13,18,22H,12H2,1-3H3,(H,23,25)/t13-,18+/m0/s1. The Bertz CT molecular complexity index is 687. The van der Waals surface area contributed by atoms with Gasteiger partial charge in [-0.1, -0.05) is 53.5 Å². The second kappa shape index (κ2) is 9.20. The summed E-state index contributed by atoms with van der Waals surface area (Å²) in [6.07, 6.45) is 0. The lowest BCUT2D eigenvalue weighted by Gasteiger charge is -2.26. The molecule has 0 aliphatic rings. The number of likely N-dealkylation sites (N-methyl/N-ethyl adjacent to an activating group) is 1. The normalized spacial score (nSPS) is 13.5. The van der Waals surface area contributed by atoms with Gasteiger partial charge in [-0.3, -0.25) is 4.79 Å². The van der Waals surface area contributed by atoms with Crippen molar-refractivity contribution in [3.8, 4) is 0 Å². The van der Waals surface area contributed by atoms with Crippen LogP contribution in [0.5, 0.6) is 0 Å². The maximum absolute atomic E-state index is 12.4. The van der Waals surface area contributed by atoms with Gasteiger partial charge in [-0.15, -0.1) is 0 Å². The van der Waals surface area contributed by atoms with Crippen LogP contribution in [-0.2, 0) is 4.79 Å². The van der Waals surface area contributed by atoms with Crippen molar-refractivity contribution in [2.24, 2.45) is 0 Å². The molecular weight excluding hydrogens is 357 g/mol. The number of carbonyl (C=O) groups excluding carboxylic acids is 1. The predicted octanol–water partition coefficient (Wildman–Crippen LogP) is 4.21. The zero-order chi connectivity index (χ0) is 18.4. The number of benzene rings is 2. The van der Waals surface area contributed by atoms with E-state index in [4.69, 9.17) is 23.2 Å². The molecule has 2 aromatic rings. The number of anilines is 1. The van der Waals surface area contributed by atoms with Gasteiger partial charge in [-0.25, -0.2) is 0 Å². The number of hydrogen-bond donors (Lipinski definition) is 2. The van der Waals surface area contributed by atoms with Crippen molar-refractivity contribution < 1.29 is 4.79 Å². The van der Waals surface area contributed by atoms with E-state index in [0.29, 0.717) is 22.3 Å². The Balaban J connectivity index is 1.95. The number of carbonyl (C=O) groups is 1. The molecule has 0 aliphatic heterocycles. The highest BCUT2D eigenvalue weighted by Gasteiger charge is 2.18. The monoisotopic (exact) mass is 379 g/mol. The summed E-state index contributed by atoms with van der Waals surface area (Å²) in [4.78, 5) is 14.5. The first-order valence-corrected chi connectivity index (χ1v) is 8.84. The summed E-state index contributed by atoms with van der Waals surface area (Å²) in [6, 6.07) is 15.0. The SMILES string of the molecule is C[C@H](NC[C@H](c1ccccc1)N(C)C)C(=O)Nc1cc(Cl)cc(Cl)c1. The van der Waals surface area contributed by atoms with Crippen LogP contribution in [0.2, 0.25) is 10.0 Å². The van der Waals surface area contributed by atoms with Crippen molar-refractivity contribution in [2.75, 3.05) is 26.0 Å². The number of nitrogens with one attached hydrogen (secondary N) is 2. The van der Waals surface area contributed by atoms with Gasteiger partial charge in [0.25, 0.3) is 0 Å². The van der Waals surface area contributed by atoms with E-state index in [-0.39, 0.29) is 18.0 Å². The van der Waals surface area contributed by atoms with Gasteiger partial charge in [0.15, 0.2) is 0 Å². The minimum Gasteiger partial charge on any atom is -0.325 e. The Morgan fingerprint density at radius 1 is 1.08 bits per heavy atom. The van der Waals surface area contributed by atoms with E-state index in [0.717, 1.165) is 0 Å². The van der Waals surface area contributed by atoms with E-state index in [2.05, 4.69) is 27.7 Å².